The number of aryl methyl sites for hydroxylation is 2. The van der Waals surface area contributed by atoms with E-state index >= 15 is 0 Å². The zero-order chi connectivity index (χ0) is 15.0. The third-order valence-electron chi connectivity index (χ3n) is 3.45. The Balaban J connectivity index is 0.00000400. The monoisotopic (exact) mass is 420 g/mol. The van der Waals surface area contributed by atoms with E-state index in [1.807, 2.05) is 32.0 Å². The summed E-state index contributed by atoms with van der Waals surface area (Å²) in [7, 11) is 2.08. The van der Waals surface area contributed by atoms with Crippen LogP contribution in [0.15, 0.2) is 18.2 Å². The van der Waals surface area contributed by atoms with Crippen LogP contribution in [0, 0.1) is 13.8 Å². The van der Waals surface area contributed by atoms with Gasteiger partial charge < -0.3 is 27.2 Å². The maximum atomic E-state index is 12.1. The van der Waals surface area contributed by atoms with Crippen molar-refractivity contribution in [2.45, 2.75) is 33.1 Å². The van der Waals surface area contributed by atoms with Gasteiger partial charge in [0.2, 0.25) is 0 Å². The van der Waals surface area contributed by atoms with Crippen molar-refractivity contribution >= 4 is 27.5 Å². The summed E-state index contributed by atoms with van der Waals surface area (Å²) in [5.74, 6) is 0.0976. The minimum atomic E-state index is 0. The van der Waals surface area contributed by atoms with E-state index in [2.05, 4.69) is 28.3 Å². The van der Waals surface area contributed by atoms with Gasteiger partial charge in [0.25, 0.3) is 5.91 Å². The summed E-state index contributed by atoms with van der Waals surface area (Å²) in [6.45, 7) is 5.63. The number of unbranched alkanes of at least 4 members (excludes halogenated alkanes) is 2. The van der Waals surface area contributed by atoms with Gasteiger partial charge in [0.15, 0.2) is 6.54 Å². The van der Waals surface area contributed by atoms with Crippen LogP contribution in [0.25, 0.3) is 0 Å². The number of quaternary nitrogens is 1. The summed E-state index contributed by atoms with van der Waals surface area (Å²) >= 11 is 3.44. The molecule has 0 saturated heterocycles. The molecule has 1 rings (SSSR count). The van der Waals surface area contributed by atoms with Gasteiger partial charge in [0.05, 0.1) is 13.6 Å². The quantitative estimate of drug-likeness (QED) is 0.423. The normalized spacial score (nSPS) is 11.6. The summed E-state index contributed by atoms with van der Waals surface area (Å²) in [6, 6.07) is 6.07. The zero-order valence-corrected chi connectivity index (χ0v) is 16.3. The Morgan fingerprint density at radius 2 is 1.81 bits per heavy atom. The van der Waals surface area contributed by atoms with E-state index in [9.17, 15) is 4.79 Å². The lowest BCUT2D eigenvalue weighted by atomic mass is 10.1. The molecule has 0 radical (unpaired) electrons. The molecule has 1 atom stereocenters. The van der Waals surface area contributed by atoms with Crippen LogP contribution in [-0.4, -0.2) is 31.4 Å². The lowest BCUT2D eigenvalue weighted by Gasteiger charge is -2.15. The third-order valence-corrected chi connectivity index (χ3v) is 4.01. The van der Waals surface area contributed by atoms with Gasteiger partial charge in [-0.3, -0.25) is 4.79 Å². The SMILES string of the molecule is Cc1cccc(C)c1NC(=O)C[NH+](C)CCCCCBr.[Br-]. The van der Waals surface area contributed by atoms with Gasteiger partial charge >= 0.3 is 0 Å². The Hall–Kier alpha value is -0.390. The highest BCUT2D eigenvalue weighted by Crippen LogP contribution is 2.18. The molecule has 0 saturated carbocycles. The Labute approximate surface area is 147 Å². The van der Waals surface area contributed by atoms with Crippen molar-refractivity contribution in [2.75, 3.05) is 30.8 Å². The highest BCUT2D eigenvalue weighted by Gasteiger charge is 2.12. The lowest BCUT2D eigenvalue weighted by molar-refractivity contribution is -0.871. The summed E-state index contributed by atoms with van der Waals surface area (Å²) in [5, 5.41) is 4.11. The zero-order valence-electron chi connectivity index (χ0n) is 13.1. The van der Waals surface area contributed by atoms with E-state index in [0.717, 1.165) is 28.7 Å². The van der Waals surface area contributed by atoms with E-state index in [1.165, 1.54) is 24.2 Å². The minimum Gasteiger partial charge on any atom is -1.00 e. The molecule has 3 nitrogen and oxygen atoms in total. The Kier molecular flexibility index (Phi) is 11.0. The number of likely N-dealkylation sites (N-methyl/N-ethyl adjacent to an activating group) is 1. The van der Waals surface area contributed by atoms with Crippen molar-refractivity contribution in [2.24, 2.45) is 0 Å². The van der Waals surface area contributed by atoms with Crippen molar-refractivity contribution in [1.29, 1.82) is 0 Å². The maximum absolute atomic E-state index is 12.1. The van der Waals surface area contributed by atoms with Crippen LogP contribution in [0.1, 0.15) is 30.4 Å². The Morgan fingerprint density at radius 1 is 1.19 bits per heavy atom. The highest BCUT2D eigenvalue weighted by molar-refractivity contribution is 9.09. The summed E-state index contributed by atoms with van der Waals surface area (Å²) in [4.78, 5) is 13.3. The molecule has 2 N–H and O–H groups in total. The second-order valence-corrected chi connectivity index (χ2v) is 6.24. The first-order chi connectivity index (χ1) is 9.54. The van der Waals surface area contributed by atoms with Crippen molar-refractivity contribution in [1.82, 2.24) is 0 Å². The first kappa shape index (κ1) is 20.6. The molecular formula is C16H26Br2N2O. The summed E-state index contributed by atoms with van der Waals surface area (Å²) < 4.78 is 0. The number of hydrogen-bond donors (Lipinski definition) is 2. The summed E-state index contributed by atoms with van der Waals surface area (Å²) in [6.07, 6.45) is 3.61. The van der Waals surface area contributed by atoms with Gasteiger partial charge in [-0.25, -0.2) is 0 Å². The van der Waals surface area contributed by atoms with E-state index in [-0.39, 0.29) is 22.9 Å². The van der Waals surface area contributed by atoms with Gasteiger partial charge in [-0.1, -0.05) is 34.1 Å². The molecule has 0 aliphatic heterocycles. The fraction of sp³-hybridized carbons (Fsp3) is 0.562. The molecule has 0 aliphatic carbocycles. The highest BCUT2D eigenvalue weighted by atomic mass is 79.9. The second kappa shape index (κ2) is 11.2. The first-order valence-electron chi connectivity index (χ1n) is 7.28. The number of anilines is 1. The van der Waals surface area contributed by atoms with Crippen molar-refractivity contribution < 1.29 is 26.7 Å². The second-order valence-electron chi connectivity index (χ2n) is 5.45. The van der Waals surface area contributed by atoms with Gasteiger partial charge in [-0.2, -0.15) is 0 Å². The smallest absolute Gasteiger partial charge is 0.279 e. The van der Waals surface area contributed by atoms with E-state index in [1.54, 1.807) is 0 Å². The lowest BCUT2D eigenvalue weighted by Crippen LogP contribution is -3.10. The molecule has 120 valence electrons. The molecule has 1 aromatic carbocycles. The van der Waals surface area contributed by atoms with Crippen LogP contribution in [0.4, 0.5) is 5.69 Å². The van der Waals surface area contributed by atoms with E-state index in [0.29, 0.717) is 6.54 Å². The number of alkyl halides is 1. The van der Waals surface area contributed by atoms with Crippen LogP contribution < -0.4 is 27.2 Å². The largest absolute Gasteiger partial charge is 1.00 e. The number of rotatable bonds is 8. The number of para-hydroxylation sites is 1. The van der Waals surface area contributed by atoms with Crippen LogP contribution in [0.2, 0.25) is 0 Å². The third kappa shape index (κ3) is 7.98. The molecule has 21 heavy (non-hydrogen) atoms. The number of carbonyl (C=O) groups excluding carboxylic acids is 1. The van der Waals surface area contributed by atoms with Gasteiger partial charge in [0.1, 0.15) is 0 Å². The molecule has 0 fully saturated rings. The van der Waals surface area contributed by atoms with Crippen LogP contribution in [0.3, 0.4) is 0 Å². The molecule has 5 heteroatoms. The number of carbonyl (C=O) groups is 1. The van der Waals surface area contributed by atoms with Crippen molar-refractivity contribution in [3.05, 3.63) is 29.3 Å². The topological polar surface area (TPSA) is 33.5 Å². The molecule has 0 spiro atoms. The van der Waals surface area contributed by atoms with Crippen molar-refractivity contribution in [3.8, 4) is 0 Å². The molecule has 0 aliphatic rings. The molecule has 0 aromatic heterocycles. The fourth-order valence-electron chi connectivity index (χ4n) is 2.26. The average molecular weight is 422 g/mol. The maximum Gasteiger partial charge on any atom is 0.279 e. The van der Waals surface area contributed by atoms with E-state index < -0.39 is 0 Å². The minimum absolute atomic E-state index is 0. The Bertz CT molecular complexity index is 418. The molecule has 0 bridgehead atoms. The number of amides is 1. The van der Waals surface area contributed by atoms with Gasteiger partial charge in [0, 0.05) is 11.0 Å². The predicted molar refractivity (Wildman–Crippen MR) is 88.8 cm³/mol. The molecule has 1 amide bonds. The number of halogens is 2. The first-order valence-corrected chi connectivity index (χ1v) is 8.40. The number of hydrogen-bond acceptors (Lipinski definition) is 1. The van der Waals surface area contributed by atoms with Gasteiger partial charge in [-0.15, -0.1) is 0 Å². The molecular weight excluding hydrogens is 396 g/mol. The molecule has 1 unspecified atom stereocenters. The predicted octanol–water partition coefficient (Wildman–Crippen LogP) is -0.674. The number of nitrogens with one attached hydrogen (secondary N) is 2. The van der Waals surface area contributed by atoms with Crippen LogP contribution in [-0.2, 0) is 4.79 Å². The van der Waals surface area contributed by atoms with Gasteiger partial charge in [-0.05, 0) is 44.2 Å². The summed E-state index contributed by atoms with van der Waals surface area (Å²) in [5.41, 5.74) is 3.20. The standard InChI is InChI=1S/C16H25BrN2O.BrH/c1-13-8-7-9-14(2)16(13)18-15(20)12-19(3)11-6-4-5-10-17;/h7-9H,4-6,10-12H2,1-3H3,(H,18,20);1H. The van der Waals surface area contributed by atoms with Crippen LogP contribution >= 0.6 is 15.9 Å². The van der Waals surface area contributed by atoms with Crippen molar-refractivity contribution in [3.63, 3.8) is 0 Å². The van der Waals surface area contributed by atoms with E-state index in [4.69, 9.17) is 0 Å². The average Bonchev–Trinajstić information content (AvgIpc) is 2.39. The fourth-order valence-corrected chi connectivity index (χ4v) is 2.65. The number of benzene rings is 1. The molecule has 1 aromatic rings. The van der Waals surface area contributed by atoms with Crippen LogP contribution in [0.5, 0.6) is 0 Å². The Morgan fingerprint density at radius 3 is 2.38 bits per heavy atom. The molecule has 0 heterocycles.